The first-order valence-electron chi connectivity index (χ1n) is 13.4. The van der Waals surface area contributed by atoms with Crippen molar-refractivity contribution in [2.75, 3.05) is 46.0 Å². The molecule has 0 aromatic heterocycles. The van der Waals surface area contributed by atoms with Gasteiger partial charge in [-0.3, -0.25) is 24.6 Å². The molecule has 2 saturated heterocycles. The second kappa shape index (κ2) is 12.9. The highest BCUT2D eigenvalue weighted by molar-refractivity contribution is 6.46. The lowest BCUT2D eigenvalue weighted by molar-refractivity contribution is -0.384. The van der Waals surface area contributed by atoms with E-state index in [1.54, 1.807) is 24.3 Å². The average Bonchev–Trinajstić information content (AvgIpc) is 3.19. The number of carbonyl (C=O) groups excluding carboxylic acids is 2. The number of nitro groups is 1. The molecule has 0 spiro atoms. The van der Waals surface area contributed by atoms with Gasteiger partial charge in [-0.2, -0.15) is 0 Å². The minimum Gasteiger partial charge on any atom is -0.507 e. The number of nitro benzene ring substituents is 1. The van der Waals surface area contributed by atoms with Gasteiger partial charge in [0.1, 0.15) is 11.5 Å². The fraction of sp³-hybridized carbons (Fsp3) is 0.448. The van der Waals surface area contributed by atoms with Crippen molar-refractivity contribution in [1.82, 2.24) is 9.80 Å². The number of nitrogens with zero attached hydrogens (tertiary/aromatic N) is 3. The maximum absolute atomic E-state index is 13.3. The molecule has 0 radical (unpaired) electrons. The highest BCUT2D eigenvalue weighted by Gasteiger charge is 2.46. The van der Waals surface area contributed by atoms with Gasteiger partial charge in [0.25, 0.3) is 17.4 Å². The Hall–Kier alpha value is -3.76. The Kier molecular flexibility index (Phi) is 9.32. The summed E-state index contributed by atoms with van der Waals surface area (Å²) in [5.41, 5.74) is 1.31. The molecule has 2 aromatic rings. The predicted molar refractivity (Wildman–Crippen MR) is 146 cm³/mol. The van der Waals surface area contributed by atoms with Gasteiger partial charge in [-0.05, 0) is 49.1 Å². The van der Waals surface area contributed by atoms with E-state index in [0.29, 0.717) is 49.7 Å². The summed E-state index contributed by atoms with van der Waals surface area (Å²) in [5.74, 6) is -1.18. The molecule has 2 aliphatic heterocycles. The summed E-state index contributed by atoms with van der Waals surface area (Å²) >= 11 is 0. The lowest BCUT2D eigenvalue weighted by atomic mass is 9.94. The SMILES string of the molecule is CCCCOc1ccc(/C(O)=C2\C(=O)C(=O)N(CCCN3CCOCC3)C2c2cccc([N+](=O)[O-])c2)cc1C. The zero-order valence-electron chi connectivity index (χ0n) is 22.4. The molecule has 2 heterocycles. The number of likely N-dealkylation sites (tertiary alicyclic amines) is 1. The number of Topliss-reactive ketones (excluding diaryl/α,β-unsaturated/α-hetero) is 1. The standard InChI is InChI=1S/C29H35N3O7/c1-3-4-15-39-24-10-9-22(18-20(24)2)27(33)25-26(21-7-5-8-23(19-21)32(36)37)31(29(35)28(25)34)12-6-11-30-13-16-38-17-14-30/h5,7-10,18-19,26,33H,3-4,6,11-17H2,1-2H3/b27-25+. The van der Waals surface area contributed by atoms with Crippen LogP contribution in [0.1, 0.15) is 48.9 Å². The highest BCUT2D eigenvalue weighted by atomic mass is 16.6. The molecule has 10 nitrogen and oxygen atoms in total. The van der Waals surface area contributed by atoms with E-state index in [9.17, 15) is 24.8 Å². The minimum absolute atomic E-state index is 0.0779. The van der Waals surface area contributed by atoms with E-state index in [1.807, 2.05) is 6.92 Å². The largest absolute Gasteiger partial charge is 0.507 e. The van der Waals surface area contributed by atoms with Crippen LogP contribution in [0.3, 0.4) is 0 Å². The first kappa shape index (κ1) is 28.3. The summed E-state index contributed by atoms with van der Waals surface area (Å²) in [4.78, 5) is 41.2. The van der Waals surface area contributed by atoms with E-state index in [4.69, 9.17) is 9.47 Å². The number of aryl methyl sites for hydroxylation is 1. The number of rotatable bonds is 11. The smallest absolute Gasteiger partial charge is 0.295 e. The third-order valence-electron chi connectivity index (χ3n) is 7.12. The number of aliphatic hydroxyl groups is 1. The Morgan fingerprint density at radius 1 is 1.13 bits per heavy atom. The van der Waals surface area contributed by atoms with Crippen LogP contribution in [0.15, 0.2) is 48.0 Å². The highest BCUT2D eigenvalue weighted by Crippen LogP contribution is 2.40. The van der Waals surface area contributed by atoms with Crippen LogP contribution in [-0.4, -0.2) is 77.5 Å². The van der Waals surface area contributed by atoms with Crippen LogP contribution in [0, 0.1) is 17.0 Å². The van der Waals surface area contributed by atoms with Gasteiger partial charge in [0.2, 0.25) is 0 Å². The number of amides is 1. The van der Waals surface area contributed by atoms with E-state index >= 15 is 0 Å². The average molecular weight is 538 g/mol. The Balaban J connectivity index is 1.68. The van der Waals surface area contributed by atoms with Gasteiger partial charge in [0, 0.05) is 43.9 Å². The maximum atomic E-state index is 13.3. The normalized spacial score (nSPS) is 19.4. The number of hydrogen-bond acceptors (Lipinski definition) is 8. The summed E-state index contributed by atoms with van der Waals surface area (Å²) in [7, 11) is 0. The van der Waals surface area contributed by atoms with Crippen molar-refractivity contribution in [2.24, 2.45) is 0 Å². The monoisotopic (exact) mass is 537 g/mol. The maximum Gasteiger partial charge on any atom is 0.295 e. The Morgan fingerprint density at radius 3 is 2.59 bits per heavy atom. The molecule has 1 unspecified atom stereocenters. The summed E-state index contributed by atoms with van der Waals surface area (Å²) < 4.78 is 11.2. The van der Waals surface area contributed by atoms with Gasteiger partial charge in [0.15, 0.2) is 0 Å². The van der Waals surface area contributed by atoms with Crippen molar-refractivity contribution < 1.29 is 29.1 Å². The number of ether oxygens (including phenoxy) is 2. The Bertz CT molecular complexity index is 1250. The molecular weight excluding hydrogens is 502 g/mol. The molecule has 2 aliphatic rings. The van der Waals surface area contributed by atoms with E-state index in [-0.39, 0.29) is 23.6 Å². The zero-order chi connectivity index (χ0) is 27.9. The van der Waals surface area contributed by atoms with Crippen LogP contribution < -0.4 is 4.74 Å². The van der Waals surface area contributed by atoms with Crippen LogP contribution in [0.25, 0.3) is 5.76 Å². The minimum atomic E-state index is -0.949. The first-order chi connectivity index (χ1) is 18.8. The Labute approximate surface area is 228 Å². The number of morpholine rings is 1. The van der Waals surface area contributed by atoms with Crippen molar-refractivity contribution in [2.45, 2.75) is 39.2 Å². The molecule has 0 aliphatic carbocycles. The van der Waals surface area contributed by atoms with Crippen molar-refractivity contribution in [3.05, 3.63) is 74.8 Å². The van der Waals surface area contributed by atoms with Crippen molar-refractivity contribution >= 4 is 23.1 Å². The second-order valence-corrected chi connectivity index (χ2v) is 9.83. The molecule has 2 fully saturated rings. The number of benzene rings is 2. The predicted octanol–water partition coefficient (Wildman–Crippen LogP) is 4.23. The fourth-order valence-corrected chi connectivity index (χ4v) is 5.00. The molecule has 1 N–H and O–H groups in total. The lowest BCUT2D eigenvalue weighted by Crippen LogP contribution is -2.39. The molecule has 1 atom stereocenters. The van der Waals surface area contributed by atoms with Crippen LogP contribution in [0.4, 0.5) is 5.69 Å². The van der Waals surface area contributed by atoms with Crippen LogP contribution in [-0.2, 0) is 14.3 Å². The van der Waals surface area contributed by atoms with Crippen LogP contribution in [0.5, 0.6) is 5.75 Å². The van der Waals surface area contributed by atoms with Crippen LogP contribution >= 0.6 is 0 Å². The summed E-state index contributed by atoms with van der Waals surface area (Å²) in [6, 6.07) is 10.0. The zero-order valence-corrected chi connectivity index (χ0v) is 22.4. The van der Waals surface area contributed by atoms with Crippen molar-refractivity contribution in [3.63, 3.8) is 0 Å². The summed E-state index contributed by atoms with van der Waals surface area (Å²) in [6.07, 6.45) is 2.52. The number of carbonyl (C=O) groups is 2. The third kappa shape index (κ3) is 6.46. The van der Waals surface area contributed by atoms with Gasteiger partial charge in [0.05, 0.1) is 36.4 Å². The second-order valence-electron chi connectivity index (χ2n) is 9.83. The Morgan fingerprint density at radius 2 is 1.90 bits per heavy atom. The molecule has 2 aromatic carbocycles. The van der Waals surface area contributed by atoms with E-state index in [0.717, 1.165) is 31.5 Å². The van der Waals surface area contributed by atoms with Gasteiger partial charge in [-0.15, -0.1) is 0 Å². The first-order valence-corrected chi connectivity index (χ1v) is 13.4. The third-order valence-corrected chi connectivity index (χ3v) is 7.12. The fourth-order valence-electron chi connectivity index (χ4n) is 5.00. The quantitative estimate of drug-likeness (QED) is 0.113. The van der Waals surface area contributed by atoms with E-state index in [2.05, 4.69) is 11.8 Å². The molecule has 0 saturated carbocycles. The number of hydrogen-bond donors (Lipinski definition) is 1. The molecular formula is C29H35N3O7. The van der Waals surface area contributed by atoms with Crippen LogP contribution in [0.2, 0.25) is 0 Å². The number of non-ortho nitro benzene ring substituents is 1. The lowest BCUT2D eigenvalue weighted by Gasteiger charge is -2.29. The number of aliphatic hydroxyl groups excluding tert-OH is 1. The van der Waals surface area contributed by atoms with Gasteiger partial charge < -0.3 is 19.5 Å². The van der Waals surface area contributed by atoms with Crippen molar-refractivity contribution in [3.8, 4) is 5.75 Å². The molecule has 0 bridgehead atoms. The molecule has 208 valence electrons. The topological polar surface area (TPSA) is 122 Å². The summed E-state index contributed by atoms with van der Waals surface area (Å²) in [6.45, 7) is 8.37. The van der Waals surface area contributed by atoms with E-state index in [1.165, 1.54) is 23.1 Å². The molecule has 4 rings (SSSR count). The van der Waals surface area contributed by atoms with Gasteiger partial charge >= 0.3 is 0 Å². The van der Waals surface area contributed by atoms with Crippen molar-refractivity contribution in [1.29, 1.82) is 0 Å². The van der Waals surface area contributed by atoms with Gasteiger partial charge in [-0.1, -0.05) is 25.5 Å². The number of unbranched alkanes of at least 4 members (excludes halogenated alkanes) is 1. The molecule has 10 heteroatoms. The number of ketones is 1. The molecule has 1 amide bonds. The van der Waals surface area contributed by atoms with Gasteiger partial charge in [-0.25, -0.2) is 0 Å². The summed E-state index contributed by atoms with van der Waals surface area (Å²) in [5, 5.41) is 22.9. The molecule has 39 heavy (non-hydrogen) atoms. The van der Waals surface area contributed by atoms with E-state index < -0.39 is 22.7 Å².